The Labute approximate surface area is 189 Å². The van der Waals surface area contributed by atoms with Gasteiger partial charge in [-0.15, -0.1) is 0 Å². The first-order valence-corrected chi connectivity index (χ1v) is 11.3. The molecule has 0 radical (unpaired) electrons. The minimum Gasteiger partial charge on any atom is -0.444 e. The van der Waals surface area contributed by atoms with Gasteiger partial charge < -0.3 is 14.5 Å². The van der Waals surface area contributed by atoms with Crippen molar-refractivity contribution in [2.45, 2.75) is 58.1 Å². The lowest BCUT2D eigenvalue weighted by atomic mass is 10.0. The number of piperidine rings is 1. The van der Waals surface area contributed by atoms with E-state index in [9.17, 15) is 14.4 Å². The minimum absolute atomic E-state index is 0.00263. The third-order valence-electron chi connectivity index (χ3n) is 5.62. The highest BCUT2D eigenvalue weighted by Crippen LogP contribution is 2.21. The third-order valence-corrected chi connectivity index (χ3v) is 5.85. The van der Waals surface area contributed by atoms with Gasteiger partial charge in [-0.25, -0.2) is 4.79 Å². The van der Waals surface area contributed by atoms with Crippen molar-refractivity contribution in [3.63, 3.8) is 0 Å². The zero-order valence-corrected chi connectivity index (χ0v) is 19.4. The zero-order chi connectivity index (χ0) is 22.6. The maximum absolute atomic E-state index is 12.8. The van der Waals surface area contributed by atoms with Crippen molar-refractivity contribution in [3.05, 3.63) is 34.9 Å². The molecule has 0 aromatic heterocycles. The monoisotopic (exact) mass is 449 g/mol. The summed E-state index contributed by atoms with van der Waals surface area (Å²) in [5.74, 6) is 0.0138. The molecule has 3 rings (SSSR count). The highest BCUT2D eigenvalue weighted by atomic mass is 35.5. The lowest BCUT2D eigenvalue weighted by Crippen LogP contribution is -2.59. The van der Waals surface area contributed by atoms with Crippen LogP contribution in [0.1, 0.15) is 45.6 Å². The summed E-state index contributed by atoms with van der Waals surface area (Å²) in [5, 5.41) is 0.673. The molecule has 0 unspecified atom stereocenters. The molecule has 0 spiro atoms. The summed E-state index contributed by atoms with van der Waals surface area (Å²) < 4.78 is 5.38. The van der Waals surface area contributed by atoms with Crippen LogP contribution in [0, 0.1) is 0 Å². The molecule has 2 heterocycles. The fourth-order valence-electron chi connectivity index (χ4n) is 4.09. The van der Waals surface area contributed by atoms with E-state index >= 15 is 0 Å². The molecule has 2 aliphatic heterocycles. The lowest BCUT2D eigenvalue weighted by molar-refractivity contribution is -0.143. The minimum atomic E-state index is -0.591. The molecular formula is C23H32ClN3O4. The van der Waals surface area contributed by atoms with Gasteiger partial charge in [0.1, 0.15) is 12.1 Å². The molecule has 0 aliphatic carbocycles. The summed E-state index contributed by atoms with van der Waals surface area (Å²) in [7, 11) is 0. The van der Waals surface area contributed by atoms with Crippen LogP contribution in [0.3, 0.4) is 0 Å². The van der Waals surface area contributed by atoms with Gasteiger partial charge in [0.2, 0.25) is 11.8 Å². The Hall–Kier alpha value is -2.28. The number of carbonyl (C=O) groups excluding carboxylic acids is 3. The first-order chi connectivity index (χ1) is 14.6. The Morgan fingerprint density at radius 1 is 1.16 bits per heavy atom. The normalized spacial score (nSPS) is 20.1. The molecule has 1 atom stereocenters. The number of halogens is 1. The highest BCUT2D eigenvalue weighted by molar-refractivity contribution is 6.30. The van der Waals surface area contributed by atoms with Crippen molar-refractivity contribution in [1.82, 2.24) is 14.7 Å². The summed E-state index contributed by atoms with van der Waals surface area (Å²) in [5.41, 5.74) is 0.454. The molecule has 170 valence electrons. The maximum Gasteiger partial charge on any atom is 0.410 e. The standard InChI is InChI=1S/C23H32ClN3O4/c1-23(2,3)31-22(30)26-12-13-27(21(29)16-26)19-8-5-11-25(15-19)20(28)10-9-17-6-4-7-18(24)14-17/h4,6-7,14,19H,5,8-13,15-16H2,1-3H3/t19-/m1/s1. The van der Waals surface area contributed by atoms with Gasteiger partial charge in [0.15, 0.2) is 0 Å². The molecule has 2 fully saturated rings. The molecule has 0 bridgehead atoms. The van der Waals surface area contributed by atoms with Crippen LogP contribution in [0.15, 0.2) is 24.3 Å². The fourth-order valence-corrected chi connectivity index (χ4v) is 4.31. The van der Waals surface area contributed by atoms with E-state index in [1.807, 2.05) is 54.8 Å². The first-order valence-electron chi connectivity index (χ1n) is 10.9. The number of piperazine rings is 1. The third kappa shape index (κ3) is 6.60. The van der Waals surface area contributed by atoms with E-state index in [0.717, 1.165) is 24.9 Å². The van der Waals surface area contributed by atoms with Crippen molar-refractivity contribution in [1.29, 1.82) is 0 Å². The van der Waals surface area contributed by atoms with Crippen molar-refractivity contribution in [3.8, 4) is 0 Å². The van der Waals surface area contributed by atoms with E-state index < -0.39 is 11.7 Å². The number of amides is 3. The maximum atomic E-state index is 12.8. The molecular weight excluding hydrogens is 418 g/mol. The molecule has 2 saturated heterocycles. The van der Waals surface area contributed by atoms with Crippen LogP contribution >= 0.6 is 11.6 Å². The van der Waals surface area contributed by atoms with Crippen LogP contribution in [0.2, 0.25) is 5.02 Å². The summed E-state index contributed by atoms with van der Waals surface area (Å²) in [6, 6.07) is 7.57. The number of benzene rings is 1. The van der Waals surface area contributed by atoms with E-state index in [4.69, 9.17) is 16.3 Å². The molecule has 0 saturated carbocycles. The Bertz CT molecular complexity index is 823. The van der Waals surface area contributed by atoms with Gasteiger partial charge in [-0.3, -0.25) is 14.5 Å². The predicted molar refractivity (Wildman–Crippen MR) is 119 cm³/mol. The van der Waals surface area contributed by atoms with Crippen molar-refractivity contribution >= 4 is 29.5 Å². The quantitative estimate of drug-likeness (QED) is 0.706. The highest BCUT2D eigenvalue weighted by Gasteiger charge is 2.36. The summed E-state index contributed by atoms with van der Waals surface area (Å²) >= 11 is 6.02. The van der Waals surface area contributed by atoms with E-state index in [1.165, 1.54) is 4.90 Å². The Balaban J connectivity index is 1.51. The average molecular weight is 450 g/mol. The van der Waals surface area contributed by atoms with Gasteiger partial charge in [-0.05, 0) is 57.7 Å². The molecule has 2 aliphatic rings. The average Bonchev–Trinajstić information content (AvgIpc) is 2.71. The smallest absolute Gasteiger partial charge is 0.410 e. The molecule has 31 heavy (non-hydrogen) atoms. The number of hydrogen-bond acceptors (Lipinski definition) is 4. The van der Waals surface area contributed by atoms with Crippen LogP contribution in [0.4, 0.5) is 4.79 Å². The van der Waals surface area contributed by atoms with Crippen LogP contribution in [0.5, 0.6) is 0 Å². The van der Waals surface area contributed by atoms with Crippen LogP contribution in [0.25, 0.3) is 0 Å². The molecule has 3 amide bonds. The van der Waals surface area contributed by atoms with E-state index in [-0.39, 0.29) is 24.4 Å². The SMILES string of the molecule is CC(C)(C)OC(=O)N1CCN([C@@H]2CCCN(C(=O)CCc3cccc(Cl)c3)C2)C(=O)C1. The van der Waals surface area contributed by atoms with Gasteiger partial charge in [0.25, 0.3) is 0 Å². The number of nitrogens with zero attached hydrogens (tertiary/aromatic N) is 3. The summed E-state index contributed by atoms with van der Waals surface area (Å²) in [4.78, 5) is 42.9. The number of hydrogen-bond donors (Lipinski definition) is 0. The summed E-state index contributed by atoms with van der Waals surface area (Å²) in [6.07, 6.45) is 2.35. The van der Waals surface area contributed by atoms with Gasteiger partial charge in [0, 0.05) is 43.7 Å². The molecule has 1 aromatic carbocycles. The Morgan fingerprint density at radius 3 is 2.61 bits per heavy atom. The van der Waals surface area contributed by atoms with Crippen LogP contribution < -0.4 is 0 Å². The molecule has 0 N–H and O–H groups in total. The second kappa shape index (κ2) is 9.90. The lowest BCUT2D eigenvalue weighted by Gasteiger charge is -2.43. The van der Waals surface area contributed by atoms with Crippen LogP contribution in [-0.2, 0) is 20.7 Å². The number of ether oxygens (including phenoxy) is 1. The molecule has 7 nitrogen and oxygen atoms in total. The van der Waals surface area contributed by atoms with Crippen molar-refractivity contribution in [2.75, 3.05) is 32.7 Å². The summed E-state index contributed by atoms with van der Waals surface area (Å²) in [6.45, 7) is 7.62. The first kappa shape index (κ1) is 23.4. The van der Waals surface area contributed by atoms with E-state index in [2.05, 4.69) is 0 Å². The van der Waals surface area contributed by atoms with Crippen molar-refractivity contribution in [2.24, 2.45) is 0 Å². The van der Waals surface area contributed by atoms with E-state index in [0.29, 0.717) is 37.5 Å². The number of aryl methyl sites for hydroxylation is 1. The zero-order valence-electron chi connectivity index (χ0n) is 18.6. The fraction of sp³-hybridized carbons (Fsp3) is 0.609. The Kier molecular flexibility index (Phi) is 7.46. The Morgan fingerprint density at radius 2 is 1.94 bits per heavy atom. The topological polar surface area (TPSA) is 70.2 Å². The molecule has 1 aromatic rings. The largest absolute Gasteiger partial charge is 0.444 e. The van der Waals surface area contributed by atoms with Crippen LogP contribution in [-0.4, -0.2) is 77.0 Å². The van der Waals surface area contributed by atoms with Crippen molar-refractivity contribution < 1.29 is 19.1 Å². The number of likely N-dealkylation sites (tertiary alicyclic amines) is 1. The number of rotatable bonds is 4. The van der Waals surface area contributed by atoms with Gasteiger partial charge in [-0.2, -0.15) is 0 Å². The predicted octanol–water partition coefficient (Wildman–Crippen LogP) is 3.34. The number of carbonyl (C=O) groups is 3. The van der Waals surface area contributed by atoms with Gasteiger partial charge in [-0.1, -0.05) is 23.7 Å². The van der Waals surface area contributed by atoms with E-state index in [1.54, 1.807) is 0 Å². The second-order valence-corrected chi connectivity index (χ2v) is 9.69. The van der Waals surface area contributed by atoms with Gasteiger partial charge >= 0.3 is 6.09 Å². The van der Waals surface area contributed by atoms with Gasteiger partial charge in [0.05, 0.1) is 0 Å². The molecule has 8 heteroatoms. The second-order valence-electron chi connectivity index (χ2n) is 9.25.